The molecule has 8 heteroatoms. The van der Waals surface area contributed by atoms with Crippen LogP contribution in [0.2, 0.25) is 4.34 Å². The molecule has 0 aliphatic rings. The molecule has 0 aliphatic heterocycles. The quantitative estimate of drug-likeness (QED) is 0.787. The number of hydrogen-bond donors (Lipinski definition) is 2. The highest BCUT2D eigenvalue weighted by atomic mass is 35.5. The zero-order valence-corrected chi connectivity index (χ0v) is 13.7. The van der Waals surface area contributed by atoms with Gasteiger partial charge < -0.3 is 10.5 Å². The Kier molecular flexibility index (Phi) is 5.10. The number of hydrogen-bond acceptors (Lipinski definition) is 5. The second kappa shape index (κ2) is 6.65. The number of nitrogen functional groups attached to an aromatic ring is 1. The molecule has 0 amide bonds. The Bertz CT molecular complexity index is 729. The molecule has 0 unspecified atom stereocenters. The summed E-state index contributed by atoms with van der Waals surface area (Å²) >= 11 is 7.26. The van der Waals surface area contributed by atoms with Crippen LogP contribution in [0.1, 0.15) is 4.88 Å². The number of ether oxygens (including phenoxy) is 1. The van der Waals surface area contributed by atoms with Crippen LogP contribution in [0.15, 0.2) is 35.2 Å². The number of nitrogens with two attached hydrogens (primary N) is 1. The van der Waals surface area contributed by atoms with E-state index in [1.807, 2.05) is 6.07 Å². The van der Waals surface area contributed by atoms with Gasteiger partial charge in [0.15, 0.2) is 0 Å². The Balaban J connectivity index is 2.02. The molecule has 1 heterocycles. The first kappa shape index (κ1) is 16.1. The summed E-state index contributed by atoms with van der Waals surface area (Å²) in [5.74, 6) is 0.446. The zero-order valence-electron chi connectivity index (χ0n) is 11.3. The summed E-state index contributed by atoms with van der Waals surface area (Å²) in [6.45, 7) is 0.297. The third-order valence-corrected chi connectivity index (χ3v) is 5.55. The molecule has 1 aromatic heterocycles. The van der Waals surface area contributed by atoms with Crippen LogP contribution in [0, 0.1) is 0 Å². The second-order valence-corrected chi connectivity index (χ2v) is 7.82. The maximum atomic E-state index is 12.1. The highest BCUT2D eigenvalue weighted by molar-refractivity contribution is 7.89. The molecule has 0 spiro atoms. The lowest BCUT2D eigenvalue weighted by molar-refractivity contribution is 0.416. The van der Waals surface area contributed by atoms with E-state index >= 15 is 0 Å². The smallest absolute Gasteiger partial charge is 0.240 e. The molecule has 0 saturated heterocycles. The van der Waals surface area contributed by atoms with Gasteiger partial charge in [0.25, 0.3) is 0 Å². The average molecular weight is 347 g/mol. The number of nitrogens with one attached hydrogen (secondary N) is 1. The molecule has 0 saturated carbocycles. The van der Waals surface area contributed by atoms with Crippen molar-refractivity contribution in [3.63, 3.8) is 0 Å². The lowest BCUT2D eigenvalue weighted by atomic mass is 10.3. The minimum Gasteiger partial charge on any atom is -0.495 e. The number of thiophene rings is 1. The Morgan fingerprint density at radius 3 is 2.67 bits per heavy atom. The molecule has 2 rings (SSSR count). The normalized spacial score (nSPS) is 11.5. The fourth-order valence-electron chi connectivity index (χ4n) is 1.76. The molecule has 0 atom stereocenters. The lowest BCUT2D eigenvalue weighted by Gasteiger charge is -2.09. The maximum Gasteiger partial charge on any atom is 0.240 e. The van der Waals surface area contributed by atoms with Gasteiger partial charge in [-0.05, 0) is 36.8 Å². The van der Waals surface area contributed by atoms with E-state index in [1.54, 1.807) is 6.07 Å². The van der Waals surface area contributed by atoms with Crippen LogP contribution in [-0.4, -0.2) is 22.1 Å². The first-order valence-electron chi connectivity index (χ1n) is 6.10. The van der Waals surface area contributed by atoms with Crippen LogP contribution in [0.3, 0.4) is 0 Å². The number of halogens is 1. The van der Waals surface area contributed by atoms with Gasteiger partial charge in [-0.3, -0.25) is 0 Å². The van der Waals surface area contributed by atoms with Gasteiger partial charge >= 0.3 is 0 Å². The molecule has 0 radical (unpaired) electrons. The summed E-state index contributed by atoms with van der Waals surface area (Å²) in [6.07, 6.45) is 0.586. The van der Waals surface area contributed by atoms with Crippen molar-refractivity contribution >= 4 is 38.6 Å². The van der Waals surface area contributed by atoms with Gasteiger partial charge in [-0.25, -0.2) is 13.1 Å². The van der Waals surface area contributed by atoms with Gasteiger partial charge in [-0.2, -0.15) is 0 Å². The van der Waals surface area contributed by atoms with Crippen LogP contribution in [0.25, 0.3) is 0 Å². The topological polar surface area (TPSA) is 81.4 Å². The van der Waals surface area contributed by atoms with E-state index in [4.69, 9.17) is 22.1 Å². The third kappa shape index (κ3) is 4.10. The summed E-state index contributed by atoms with van der Waals surface area (Å²) in [4.78, 5) is 1.14. The van der Waals surface area contributed by atoms with Crippen molar-refractivity contribution < 1.29 is 13.2 Å². The highest BCUT2D eigenvalue weighted by Crippen LogP contribution is 2.24. The van der Waals surface area contributed by atoms with E-state index in [-0.39, 0.29) is 10.6 Å². The van der Waals surface area contributed by atoms with Crippen molar-refractivity contribution in [2.24, 2.45) is 0 Å². The first-order chi connectivity index (χ1) is 9.92. The minimum absolute atomic E-state index is 0.116. The summed E-state index contributed by atoms with van der Waals surface area (Å²) in [5, 5.41) is 0. The Labute approximate surface area is 132 Å². The summed E-state index contributed by atoms with van der Waals surface area (Å²) in [6, 6.07) is 8.04. The minimum atomic E-state index is -3.59. The summed E-state index contributed by atoms with van der Waals surface area (Å²) in [5.41, 5.74) is 6.00. The van der Waals surface area contributed by atoms with Crippen molar-refractivity contribution in [1.29, 1.82) is 0 Å². The molecule has 21 heavy (non-hydrogen) atoms. The Morgan fingerprint density at radius 2 is 2.10 bits per heavy atom. The Morgan fingerprint density at radius 1 is 1.33 bits per heavy atom. The SMILES string of the molecule is COc1ccc(S(=O)(=O)NCCc2ccc(Cl)s2)cc1N. The maximum absolute atomic E-state index is 12.1. The van der Waals surface area contributed by atoms with E-state index in [2.05, 4.69) is 4.72 Å². The number of sulfonamides is 1. The van der Waals surface area contributed by atoms with Gasteiger partial charge in [0.2, 0.25) is 10.0 Å². The van der Waals surface area contributed by atoms with Crippen LogP contribution >= 0.6 is 22.9 Å². The molecule has 1 aromatic carbocycles. The van der Waals surface area contributed by atoms with Crippen molar-refractivity contribution in [2.75, 3.05) is 19.4 Å². The van der Waals surface area contributed by atoms with Gasteiger partial charge in [-0.15, -0.1) is 11.3 Å². The lowest BCUT2D eigenvalue weighted by Crippen LogP contribution is -2.25. The second-order valence-electron chi connectivity index (χ2n) is 4.26. The largest absolute Gasteiger partial charge is 0.495 e. The average Bonchev–Trinajstić information content (AvgIpc) is 2.84. The van der Waals surface area contributed by atoms with Crippen molar-refractivity contribution in [1.82, 2.24) is 4.72 Å². The predicted octanol–water partition coefficient (Wildman–Crippen LogP) is 2.51. The molecular weight excluding hydrogens is 332 g/mol. The molecule has 114 valence electrons. The molecule has 0 aliphatic carbocycles. The fraction of sp³-hybridized carbons (Fsp3) is 0.231. The Hall–Kier alpha value is -1.28. The van der Waals surface area contributed by atoms with E-state index in [0.29, 0.717) is 23.1 Å². The first-order valence-corrected chi connectivity index (χ1v) is 8.77. The summed E-state index contributed by atoms with van der Waals surface area (Å²) < 4.78 is 32.5. The van der Waals surface area contributed by atoms with Crippen molar-refractivity contribution in [3.8, 4) is 5.75 Å². The fourth-order valence-corrected chi connectivity index (χ4v) is 3.91. The van der Waals surface area contributed by atoms with E-state index in [9.17, 15) is 8.42 Å². The van der Waals surface area contributed by atoms with Crippen LogP contribution in [-0.2, 0) is 16.4 Å². The predicted molar refractivity (Wildman–Crippen MR) is 85.6 cm³/mol. The zero-order chi connectivity index (χ0) is 15.5. The monoisotopic (exact) mass is 346 g/mol. The van der Waals surface area contributed by atoms with Crippen LogP contribution in [0.5, 0.6) is 5.75 Å². The van der Waals surface area contributed by atoms with Gasteiger partial charge in [0.05, 0.1) is 22.0 Å². The van der Waals surface area contributed by atoms with E-state index in [0.717, 1.165) is 4.88 Å². The molecular formula is C13H15ClN2O3S2. The highest BCUT2D eigenvalue weighted by Gasteiger charge is 2.15. The van der Waals surface area contributed by atoms with Crippen molar-refractivity contribution in [2.45, 2.75) is 11.3 Å². The molecule has 0 bridgehead atoms. The number of anilines is 1. The van der Waals surface area contributed by atoms with E-state index < -0.39 is 10.0 Å². The molecule has 2 aromatic rings. The number of rotatable bonds is 6. The standard InChI is InChI=1S/C13H15ClN2O3S2/c1-19-12-4-3-10(8-11(12)15)21(17,18)16-7-6-9-2-5-13(14)20-9/h2-5,8,16H,6-7,15H2,1H3. The van der Waals surface area contributed by atoms with Crippen molar-refractivity contribution in [3.05, 3.63) is 39.5 Å². The van der Waals surface area contributed by atoms with Gasteiger partial charge in [0.1, 0.15) is 5.75 Å². The number of methoxy groups -OCH3 is 1. The van der Waals surface area contributed by atoms with Gasteiger partial charge in [0, 0.05) is 11.4 Å². The molecule has 0 fully saturated rings. The molecule has 5 nitrogen and oxygen atoms in total. The number of benzene rings is 1. The van der Waals surface area contributed by atoms with E-state index in [1.165, 1.54) is 36.6 Å². The third-order valence-electron chi connectivity index (χ3n) is 2.80. The van der Waals surface area contributed by atoms with Crippen LogP contribution in [0.4, 0.5) is 5.69 Å². The van der Waals surface area contributed by atoms with Crippen LogP contribution < -0.4 is 15.2 Å². The summed E-state index contributed by atoms with van der Waals surface area (Å²) in [7, 11) is -2.11. The molecule has 3 N–H and O–H groups in total. The van der Waals surface area contributed by atoms with Gasteiger partial charge in [-0.1, -0.05) is 11.6 Å².